The molecule has 0 spiro atoms. The first-order valence-electron chi connectivity index (χ1n) is 5.91. The van der Waals surface area contributed by atoms with Crippen LogP contribution in [0, 0.1) is 12.7 Å². The van der Waals surface area contributed by atoms with E-state index in [2.05, 4.69) is 5.32 Å². The molecule has 1 nitrogen and oxygen atoms in total. The Balaban J connectivity index is 2.49. The van der Waals surface area contributed by atoms with Gasteiger partial charge in [0.05, 0.1) is 6.04 Å². The Hall–Kier alpha value is -1.09. The van der Waals surface area contributed by atoms with E-state index in [1.165, 1.54) is 6.07 Å². The molecule has 0 saturated carbocycles. The lowest BCUT2D eigenvalue weighted by Gasteiger charge is -2.19. The number of rotatable bonds is 3. The van der Waals surface area contributed by atoms with Gasteiger partial charge in [-0.25, -0.2) is 4.39 Å². The average Bonchev–Trinajstić information content (AvgIpc) is 2.38. The minimum atomic E-state index is -0.226. The molecule has 4 heteroatoms. The Morgan fingerprint density at radius 2 is 1.84 bits per heavy atom. The molecule has 0 bridgehead atoms. The summed E-state index contributed by atoms with van der Waals surface area (Å²) < 4.78 is 13.7. The molecule has 0 aliphatic heterocycles. The van der Waals surface area contributed by atoms with Crippen LogP contribution < -0.4 is 5.32 Å². The third-order valence-corrected chi connectivity index (χ3v) is 3.67. The Morgan fingerprint density at radius 1 is 1.11 bits per heavy atom. The van der Waals surface area contributed by atoms with Crippen LogP contribution in [-0.2, 0) is 0 Å². The van der Waals surface area contributed by atoms with E-state index < -0.39 is 0 Å². The number of benzene rings is 2. The van der Waals surface area contributed by atoms with E-state index in [9.17, 15) is 4.39 Å². The van der Waals surface area contributed by atoms with Crippen LogP contribution in [0.25, 0.3) is 0 Å². The van der Waals surface area contributed by atoms with E-state index in [-0.39, 0.29) is 11.9 Å². The normalized spacial score (nSPS) is 12.5. The van der Waals surface area contributed by atoms with E-state index in [0.29, 0.717) is 15.6 Å². The van der Waals surface area contributed by atoms with Gasteiger partial charge in [-0.15, -0.1) is 0 Å². The zero-order valence-corrected chi connectivity index (χ0v) is 12.2. The molecule has 100 valence electrons. The highest BCUT2D eigenvalue weighted by Crippen LogP contribution is 2.31. The standard InChI is InChI=1S/C15H14Cl2FN/c1-9-3-4-10(7-14(9)18)15(19-2)12-8-11(16)5-6-13(12)17/h3-8,15,19H,1-2H3. The molecular weight excluding hydrogens is 284 g/mol. The first-order chi connectivity index (χ1) is 9.02. The van der Waals surface area contributed by atoms with Gasteiger partial charge in [-0.2, -0.15) is 0 Å². The predicted octanol–water partition coefficient (Wildman–Crippen LogP) is 4.75. The third-order valence-electron chi connectivity index (χ3n) is 3.09. The lowest BCUT2D eigenvalue weighted by Crippen LogP contribution is -2.18. The highest BCUT2D eigenvalue weighted by molar-refractivity contribution is 6.33. The molecule has 2 aromatic carbocycles. The van der Waals surface area contributed by atoms with Gasteiger partial charge < -0.3 is 5.32 Å². The Bertz CT molecular complexity index is 599. The second-order valence-electron chi connectivity index (χ2n) is 4.40. The molecule has 1 N–H and O–H groups in total. The predicted molar refractivity (Wildman–Crippen MR) is 78.5 cm³/mol. The van der Waals surface area contributed by atoms with Gasteiger partial charge in [-0.05, 0) is 54.9 Å². The molecule has 0 aliphatic rings. The molecule has 1 unspecified atom stereocenters. The lowest BCUT2D eigenvalue weighted by molar-refractivity contribution is 0.608. The van der Waals surface area contributed by atoms with Gasteiger partial charge in [0.25, 0.3) is 0 Å². The van der Waals surface area contributed by atoms with Gasteiger partial charge in [0.2, 0.25) is 0 Å². The summed E-state index contributed by atoms with van der Waals surface area (Å²) in [5.41, 5.74) is 2.27. The van der Waals surface area contributed by atoms with Gasteiger partial charge in [0.1, 0.15) is 5.82 Å². The van der Waals surface area contributed by atoms with Crippen LogP contribution >= 0.6 is 23.2 Å². The molecule has 0 amide bonds. The number of hydrogen-bond acceptors (Lipinski definition) is 1. The van der Waals surface area contributed by atoms with Gasteiger partial charge >= 0.3 is 0 Å². The second kappa shape index (κ2) is 5.91. The lowest BCUT2D eigenvalue weighted by atomic mass is 9.97. The van der Waals surface area contributed by atoms with E-state index >= 15 is 0 Å². The summed E-state index contributed by atoms with van der Waals surface area (Å²) in [6.45, 7) is 1.74. The van der Waals surface area contributed by atoms with Crippen molar-refractivity contribution in [1.29, 1.82) is 0 Å². The zero-order valence-electron chi connectivity index (χ0n) is 10.7. The molecule has 0 heterocycles. The second-order valence-corrected chi connectivity index (χ2v) is 5.24. The van der Waals surface area contributed by atoms with E-state index in [4.69, 9.17) is 23.2 Å². The maximum Gasteiger partial charge on any atom is 0.126 e. The molecule has 0 aromatic heterocycles. The minimum absolute atomic E-state index is 0.193. The fourth-order valence-electron chi connectivity index (χ4n) is 2.03. The molecule has 1 atom stereocenters. The smallest absolute Gasteiger partial charge is 0.126 e. The number of aryl methyl sites for hydroxylation is 1. The van der Waals surface area contributed by atoms with Crippen molar-refractivity contribution in [3.8, 4) is 0 Å². The van der Waals surface area contributed by atoms with Crippen LogP contribution in [0.3, 0.4) is 0 Å². The monoisotopic (exact) mass is 297 g/mol. The fraction of sp³-hybridized carbons (Fsp3) is 0.200. The molecule has 2 rings (SSSR count). The van der Waals surface area contributed by atoms with E-state index in [1.807, 2.05) is 6.07 Å². The quantitative estimate of drug-likeness (QED) is 0.862. The van der Waals surface area contributed by atoms with Gasteiger partial charge in [0.15, 0.2) is 0 Å². The molecule has 0 saturated heterocycles. The maximum absolute atomic E-state index is 13.7. The fourth-order valence-corrected chi connectivity index (χ4v) is 2.43. The van der Waals surface area contributed by atoms with E-state index in [1.54, 1.807) is 38.2 Å². The minimum Gasteiger partial charge on any atom is -0.309 e. The van der Waals surface area contributed by atoms with Gasteiger partial charge in [-0.1, -0.05) is 35.3 Å². The molecule has 0 fully saturated rings. The maximum atomic E-state index is 13.7. The summed E-state index contributed by atoms with van der Waals surface area (Å²) in [5, 5.41) is 4.35. The van der Waals surface area contributed by atoms with Crippen LogP contribution in [-0.4, -0.2) is 7.05 Å². The van der Waals surface area contributed by atoms with Gasteiger partial charge in [0, 0.05) is 10.0 Å². The Morgan fingerprint density at radius 3 is 2.47 bits per heavy atom. The molecular formula is C15H14Cl2FN. The first-order valence-corrected chi connectivity index (χ1v) is 6.66. The highest BCUT2D eigenvalue weighted by atomic mass is 35.5. The average molecular weight is 298 g/mol. The van der Waals surface area contributed by atoms with Crippen molar-refractivity contribution in [2.45, 2.75) is 13.0 Å². The summed E-state index contributed by atoms with van der Waals surface area (Å²) in [6, 6.07) is 10.2. The largest absolute Gasteiger partial charge is 0.309 e. The number of hydrogen-bond donors (Lipinski definition) is 1. The number of halogens is 3. The summed E-state index contributed by atoms with van der Waals surface area (Å²) in [6.07, 6.45) is 0. The Kier molecular flexibility index (Phi) is 4.46. The van der Waals surface area contributed by atoms with Gasteiger partial charge in [-0.3, -0.25) is 0 Å². The van der Waals surface area contributed by atoms with Crippen LogP contribution in [0.15, 0.2) is 36.4 Å². The van der Waals surface area contributed by atoms with Crippen molar-refractivity contribution >= 4 is 23.2 Å². The van der Waals surface area contributed by atoms with Crippen molar-refractivity contribution in [3.05, 3.63) is 69.0 Å². The van der Waals surface area contributed by atoms with Crippen molar-refractivity contribution in [2.24, 2.45) is 0 Å². The SMILES string of the molecule is CNC(c1ccc(C)c(F)c1)c1cc(Cl)ccc1Cl. The summed E-state index contributed by atoms with van der Waals surface area (Å²) in [5.74, 6) is -0.226. The molecule has 19 heavy (non-hydrogen) atoms. The first kappa shape index (κ1) is 14.3. The summed E-state index contributed by atoms with van der Waals surface area (Å²) in [7, 11) is 1.81. The van der Waals surface area contributed by atoms with Crippen LogP contribution in [0.5, 0.6) is 0 Å². The number of nitrogens with one attached hydrogen (secondary N) is 1. The van der Waals surface area contributed by atoms with Crippen molar-refractivity contribution < 1.29 is 4.39 Å². The van der Waals surface area contributed by atoms with Crippen molar-refractivity contribution in [2.75, 3.05) is 7.05 Å². The molecule has 0 aliphatic carbocycles. The van der Waals surface area contributed by atoms with Crippen molar-refractivity contribution in [3.63, 3.8) is 0 Å². The van der Waals surface area contributed by atoms with Crippen molar-refractivity contribution in [1.82, 2.24) is 5.32 Å². The van der Waals surface area contributed by atoms with Crippen LogP contribution in [0.1, 0.15) is 22.7 Å². The van der Waals surface area contributed by atoms with E-state index in [0.717, 1.165) is 11.1 Å². The third kappa shape index (κ3) is 3.08. The highest BCUT2D eigenvalue weighted by Gasteiger charge is 2.16. The zero-order chi connectivity index (χ0) is 14.0. The van der Waals surface area contributed by atoms with Crippen LogP contribution in [0.4, 0.5) is 4.39 Å². The molecule has 0 radical (unpaired) electrons. The molecule has 2 aromatic rings. The summed E-state index contributed by atoms with van der Waals surface area (Å²) >= 11 is 12.2. The Labute approximate surface area is 122 Å². The summed E-state index contributed by atoms with van der Waals surface area (Å²) in [4.78, 5) is 0. The van der Waals surface area contributed by atoms with Crippen LogP contribution in [0.2, 0.25) is 10.0 Å². The topological polar surface area (TPSA) is 12.0 Å².